The summed E-state index contributed by atoms with van der Waals surface area (Å²) in [7, 11) is 0. The van der Waals surface area contributed by atoms with Crippen molar-refractivity contribution >= 4 is 0 Å². The summed E-state index contributed by atoms with van der Waals surface area (Å²) >= 11 is 0. The van der Waals surface area contributed by atoms with E-state index in [1.807, 2.05) is 41.5 Å². The van der Waals surface area contributed by atoms with Crippen molar-refractivity contribution in [3.63, 3.8) is 0 Å². The molecule has 0 saturated heterocycles. The first kappa shape index (κ1) is 24.7. The Labute approximate surface area is 168 Å². The van der Waals surface area contributed by atoms with Crippen LogP contribution in [0.1, 0.15) is 65.7 Å². The first-order chi connectivity index (χ1) is 12.8. The molecule has 0 heterocycles. The summed E-state index contributed by atoms with van der Waals surface area (Å²) in [4.78, 5) is 0. The maximum absolute atomic E-state index is 2.34. The Balaban J connectivity index is 0.000000885. The van der Waals surface area contributed by atoms with Crippen LogP contribution in [0.3, 0.4) is 0 Å². The fourth-order valence-corrected chi connectivity index (χ4v) is 3.05. The minimum absolute atomic E-state index is 0. The van der Waals surface area contributed by atoms with Crippen LogP contribution in [0.25, 0.3) is 22.3 Å². The summed E-state index contributed by atoms with van der Waals surface area (Å²) in [6.45, 7) is 14.1. The Morgan fingerprint density at radius 2 is 1.07 bits per heavy atom. The Hall–Kier alpha value is -2.34. The lowest BCUT2D eigenvalue weighted by atomic mass is 9.98. The molecule has 0 nitrogen and oxygen atoms in total. The van der Waals surface area contributed by atoms with Crippen LogP contribution in [-0.2, 0) is 6.42 Å². The first-order valence-electron chi connectivity index (χ1n) is 10.1. The average Bonchev–Trinajstić information content (AvgIpc) is 3.11. The number of rotatable bonds is 1. The molecule has 0 fully saturated rings. The zero-order valence-electron chi connectivity index (χ0n) is 17.6. The minimum Gasteiger partial charge on any atom is -0.0776 e. The third-order valence-electron chi connectivity index (χ3n) is 4.18. The molecule has 0 spiro atoms. The van der Waals surface area contributed by atoms with Crippen LogP contribution >= 0.6 is 0 Å². The highest BCUT2D eigenvalue weighted by Gasteiger charge is 2.17. The van der Waals surface area contributed by atoms with Gasteiger partial charge in [0.15, 0.2) is 0 Å². The second-order valence-corrected chi connectivity index (χ2v) is 5.57. The average molecular weight is 363 g/mol. The van der Waals surface area contributed by atoms with Crippen LogP contribution in [0.4, 0.5) is 0 Å². The van der Waals surface area contributed by atoms with Gasteiger partial charge in [-0.05, 0) is 52.8 Å². The molecule has 1 aliphatic rings. The van der Waals surface area contributed by atoms with Crippen molar-refractivity contribution in [3.05, 3.63) is 83.4 Å². The van der Waals surface area contributed by atoms with Crippen LogP contribution < -0.4 is 0 Å². The van der Waals surface area contributed by atoms with Gasteiger partial charge in [0, 0.05) is 0 Å². The van der Waals surface area contributed by atoms with Crippen LogP contribution in [0.15, 0.2) is 66.7 Å². The fourth-order valence-electron chi connectivity index (χ4n) is 3.05. The smallest absolute Gasteiger partial charge is 0.00134 e. The molecule has 0 saturated carbocycles. The maximum Gasteiger partial charge on any atom is -0.00134 e. The predicted octanol–water partition coefficient (Wildman–Crippen LogP) is 8.95. The highest BCUT2D eigenvalue weighted by Crippen LogP contribution is 2.38. The topological polar surface area (TPSA) is 0 Å². The summed E-state index contributed by atoms with van der Waals surface area (Å²) in [5.74, 6) is 0. The summed E-state index contributed by atoms with van der Waals surface area (Å²) in [5.41, 5.74) is 9.60. The van der Waals surface area contributed by atoms with Crippen molar-refractivity contribution in [2.75, 3.05) is 0 Å². The van der Waals surface area contributed by atoms with Crippen LogP contribution in [0.2, 0.25) is 0 Å². The molecule has 0 radical (unpaired) electrons. The molecule has 3 aromatic carbocycles. The van der Waals surface area contributed by atoms with Crippen molar-refractivity contribution in [2.24, 2.45) is 0 Å². The molecule has 146 valence electrons. The highest BCUT2D eigenvalue weighted by molar-refractivity contribution is 5.81. The minimum atomic E-state index is 0. The molecule has 27 heavy (non-hydrogen) atoms. The van der Waals surface area contributed by atoms with E-state index in [1.165, 1.54) is 38.9 Å². The van der Waals surface area contributed by atoms with Crippen molar-refractivity contribution in [3.8, 4) is 22.3 Å². The lowest BCUT2D eigenvalue weighted by Gasteiger charge is -2.06. The van der Waals surface area contributed by atoms with Gasteiger partial charge in [0.1, 0.15) is 0 Å². The molecule has 0 atom stereocenters. The van der Waals surface area contributed by atoms with Crippen LogP contribution in [-0.4, -0.2) is 0 Å². The second kappa shape index (κ2) is 12.9. The molecule has 1 aliphatic carbocycles. The highest BCUT2D eigenvalue weighted by atomic mass is 14.2. The van der Waals surface area contributed by atoms with Gasteiger partial charge in [-0.3, -0.25) is 0 Å². The van der Waals surface area contributed by atoms with Gasteiger partial charge in [-0.2, -0.15) is 0 Å². The standard InChI is InChI=1S/C20H16.3C2H6.CH4/c1-14-6-8-15(9-7-14)16-10-11-18-12-17-4-2-3-5-19(17)20(18)13-16;3*1-2;/h2-11,13H,12H2,1H3;3*1-2H3;1H4. The van der Waals surface area contributed by atoms with Crippen molar-refractivity contribution in [2.45, 2.75) is 62.3 Å². The van der Waals surface area contributed by atoms with Gasteiger partial charge >= 0.3 is 0 Å². The zero-order chi connectivity index (χ0) is 19.5. The van der Waals surface area contributed by atoms with Gasteiger partial charge in [0.25, 0.3) is 0 Å². The van der Waals surface area contributed by atoms with Crippen molar-refractivity contribution < 1.29 is 0 Å². The Morgan fingerprint density at radius 3 is 1.70 bits per heavy atom. The lowest BCUT2D eigenvalue weighted by Crippen LogP contribution is -1.83. The molecule has 3 aromatic rings. The summed E-state index contributed by atoms with van der Waals surface area (Å²) < 4.78 is 0. The SMILES string of the molecule is C.CC.CC.CC.Cc1ccc(-c2ccc3c(c2)-c2ccccc2C3)cc1. The number of aryl methyl sites for hydroxylation is 1. The van der Waals surface area contributed by atoms with E-state index in [4.69, 9.17) is 0 Å². The van der Waals surface area contributed by atoms with Gasteiger partial charge < -0.3 is 0 Å². The molecule has 0 aliphatic heterocycles. The summed E-state index contributed by atoms with van der Waals surface area (Å²) in [6.07, 6.45) is 1.07. The third-order valence-corrected chi connectivity index (χ3v) is 4.18. The molecule has 0 aromatic heterocycles. The van der Waals surface area contributed by atoms with Gasteiger partial charge in [-0.15, -0.1) is 0 Å². The largest absolute Gasteiger partial charge is 0.0776 e. The molecular formula is C27H38. The Kier molecular flexibility index (Phi) is 11.8. The van der Waals surface area contributed by atoms with Crippen LogP contribution in [0.5, 0.6) is 0 Å². The van der Waals surface area contributed by atoms with Crippen molar-refractivity contribution in [1.29, 1.82) is 0 Å². The predicted molar refractivity (Wildman–Crippen MR) is 126 cm³/mol. The molecular weight excluding hydrogens is 324 g/mol. The Morgan fingerprint density at radius 1 is 0.556 bits per heavy atom. The molecule has 4 rings (SSSR count). The lowest BCUT2D eigenvalue weighted by molar-refractivity contribution is 1.26. The van der Waals surface area contributed by atoms with E-state index in [-0.39, 0.29) is 7.43 Å². The number of hydrogen-bond donors (Lipinski definition) is 0. The van der Waals surface area contributed by atoms with Gasteiger partial charge in [0.2, 0.25) is 0 Å². The summed E-state index contributed by atoms with van der Waals surface area (Å²) in [6, 6.07) is 24.4. The molecule has 0 N–H and O–H groups in total. The third kappa shape index (κ3) is 5.82. The van der Waals surface area contributed by atoms with E-state index < -0.39 is 0 Å². The van der Waals surface area contributed by atoms with E-state index in [2.05, 4.69) is 73.7 Å². The zero-order valence-corrected chi connectivity index (χ0v) is 17.6. The Bertz CT molecular complexity index is 779. The maximum atomic E-state index is 2.34. The molecule has 0 amide bonds. The van der Waals surface area contributed by atoms with Gasteiger partial charge in [0.05, 0.1) is 0 Å². The van der Waals surface area contributed by atoms with E-state index >= 15 is 0 Å². The first-order valence-corrected chi connectivity index (χ1v) is 10.1. The fraction of sp³-hybridized carbons (Fsp3) is 0.333. The second-order valence-electron chi connectivity index (χ2n) is 5.57. The normalized spacial score (nSPS) is 9.59. The molecule has 0 unspecified atom stereocenters. The number of hydrogen-bond acceptors (Lipinski definition) is 0. The monoisotopic (exact) mass is 362 g/mol. The van der Waals surface area contributed by atoms with E-state index in [1.54, 1.807) is 0 Å². The number of fused-ring (bicyclic) bond motifs is 3. The van der Waals surface area contributed by atoms with Crippen LogP contribution in [0, 0.1) is 6.92 Å². The van der Waals surface area contributed by atoms with E-state index in [0.717, 1.165) is 6.42 Å². The summed E-state index contributed by atoms with van der Waals surface area (Å²) in [5, 5.41) is 0. The van der Waals surface area contributed by atoms with Gasteiger partial charge in [-0.25, -0.2) is 0 Å². The van der Waals surface area contributed by atoms with E-state index in [0.29, 0.717) is 0 Å². The van der Waals surface area contributed by atoms with E-state index in [9.17, 15) is 0 Å². The molecule has 0 bridgehead atoms. The number of benzene rings is 3. The molecule has 0 heteroatoms. The van der Waals surface area contributed by atoms with Crippen molar-refractivity contribution in [1.82, 2.24) is 0 Å². The quantitative estimate of drug-likeness (QED) is 0.317. The van der Waals surface area contributed by atoms with Gasteiger partial charge in [-0.1, -0.05) is 115 Å².